The highest BCUT2D eigenvalue weighted by Crippen LogP contribution is 2.48. The molecule has 4 aliphatic heterocycles. The first kappa shape index (κ1) is 40.7. The van der Waals surface area contributed by atoms with Crippen LogP contribution in [0.25, 0.3) is 0 Å². The molecule has 2 aromatic carbocycles. The zero-order valence-electron chi connectivity index (χ0n) is 28.6. The van der Waals surface area contributed by atoms with Crippen molar-refractivity contribution in [1.29, 1.82) is 0 Å². The molecule has 49 heavy (non-hydrogen) atoms. The zero-order chi connectivity index (χ0) is 35.4. The van der Waals surface area contributed by atoms with Gasteiger partial charge in [-0.25, -0.2) is 28.8 Å². The molecule has 0 spiro atoms. The molecule has 4 atom stereocenters. The Morgan fingerprint density at radius 3 is 1.37 bits per heavy atom. The second-order valence-electron chi connectivity index (χ2n) is 12.7. The van der Waals surface area contributed by atoms with Gasteiger partial charge in [0, 0.05) is 11.1 Å². The van der Waals surface area contributed by atoms with Gasteiger partial charge < -0.3 is 42.5 Å². The average Bonchev–Trinajstić information content (AvgIpc) is 3.45. The van der Waals surface area contributed by atoms with Crippen molar-refractivity contribution in [1.82, 2.24) is 19.6 Å². The molecule has 270 valence electrons. The summed E-state index contributed by atoms with van der Waals surface area (Å²) in [7, 11) is 7.88. The topological polar surface area (TPSA) is 157 Å². The summed E-state index contributed by atoms with van der Waals surface area (Å²) < 4.78 is 4.09. The van der Waals surface area contributed by atoms with Crippen LogP contribution in [0, 0.1) is 0 Å². The van der Waals surface area contributed by atoms with Crippen LogP contribution in [0.3, 0.4) is 0 Å². The van der Waals surface area contributed by atoms with E-state index in [1.807, 2.05) is 108 Å². The smallest absolute Gasteiger partial charge is 0.313 e. The average molecular weight is 784 g/mol. The summed E-state index contributed by atoms with van der Waals surface area (Å²) in [5.41, 5.74) is -1.18. The molecule has 0 saturated carbocycles. The van der Waals surface area contributed by atoms with Crippen LogP contribution in [0.5, 0.6) is 0 Å². The van der Waals surface area contributed by atoms with Crippen LogP contribution in [-0.4, -0.2) is 143 Å². The highest BCUT2D eigenvalue weighted by molar-refractivity contribution is 8.14. The van der Waals surface area contributed by atoms with Gasteiger partial charge in [0.1, 0.15) is 37.2 Å². The van der Waals surface area contributed by atoms with Gasteiger partial charge in [-0.05, 0) is 37.6 Å². The number of aliphatic hydroxyl groups is 2. The first-order chi connectivity index (χ1) is 22.6. The quantitative estimate of drug-likeness (QED) is 0.237. The Labute approximate surface area is 306 Å². The molecule has 0 amide bonds. The van der Waals surface area contributed by atoms with Crippen molar-refractivity contribution in [3.8, 4) is 0 Å². The lowest BCUT2D eigenvalue weighted by molar-refractivity contribution is -0.533. The first-order valence-electron chi connectivity index (χ1n) is 15.7. The summed E-state index contributed by atoms with van der Waals surface area (Å²) in [5, 5.41) is 51.9. The van der Waals surface area contributed by atoms with Crippen molar-refractivity contribution in [3.63, 3.8) is 0 Å². The van der Waals surface area contributed by atoms with Crippen molar-refractivity contribution in [2.45, 2.75) is 54.7 Å². The molecule has 0 radical (unpaired) electrons. The van der Waals surface area contributed by atoms with Gasteiger partial charge in [0.05, 0.1) is 26.9 Å². The molecular weight excluding hydrogens is 736 g/mol. The van der Waals surface area contributed by atoms with Gasteiger partial charge in [0.2, 0.25) is 11.4 Å². The van der Waals surface area contributed by atoms with Crippen molar-refractivity contribution >= 4 is 45.8 Å². The third-order valence-electron chi connectivity index (χ3n) is 8.12. The Morgan fingerprint density at radius 2 is 1.08 bits per heavy atom. The van der Waals surface area contributed by atoms with Crippen molar-refractivity contribution in [3.05, 3.63) is 71.8 Å². The maximum absolute atomic E-state index is 11.5. The minimum absolute atomic E-state index is 0. The molecular formula is C33H47BrN6O7S2. The lowest BCUT2D eigenvalue weighted by atomic mass is 9.95. The summed E-state index contributed by atoms with van der Waals surface area (Å²) >= 11 is 2.89. The number of nitrogens with zero attached hydrogens (tertiary/aromatic N) is 6. The summed E-state index contributed by atoms with van der Waals surface area (Å²) in [4.78, 5) is 30.5. The van der Waals surface area contributed by atoms with Gasteiger partial charge >= 0.3 is 22.3 Å². The summed E-state index contributed by atoms with van der Waals surface area (Å²) in [6.07, 6.45) is -0.596. The van der Waals surface area contributed by atoms with Crippen LogP contribution in [-0.2, 0) is 21.0 Å². The molecule has 2 aromatic rings. The van der Waals surface area contributed by atoms with Crippen LogP contribution in [0.1, 0.15) is 37.8 Å². The number of rotatable bonds is 6. The maximum atomic E-state index is 11.5. The summed E-state index contributed by atoms with van der Waals surface area (Å²) in [6, 6.07) is 18.7. The lowest BCUT2D eigenvalue weighted by Gasteiger charge is -2.36. The van der Waals surface area contributed by atoms with E-state index in [9.17, 15) is 35.1 Å². The lowest BCUT2D eigenvalue weighted by Crippen LogP contribution is -3.00. The van der Waals surface area contributed by atoms with Crippen LogP contribution in [0.2, 0.25) is 0 Å². The monoisotopic (exact) mass is 782 g/mol. The SMILES string of the molecule is CC(C)[O-].CN1CN2C(=[N+](C)C1)SC(CC(=O)O)C2(O)c1ccccc1.CN1CN2C(=[N+](C)C1)SC(CC(=O)O)C2(O)c1ccccc1.[Br-]. The molecule has 6 rings (SSSR count). The van der Waals surface area contributed by atoms with E-state index < -0.39 is 40.0 Å². The van der Waals surface area contributed by atoms with Gasteiger partial charge in [-0.2, -0.15) is 0 Å². The highest BCUT2D eigenvalue weighted by Gasteiger charge is 2.62. The second-order valence-corrected chi connectivity index (χ2v) is 15.1. The Morgan fingerprint density at radius 1 is 0.776 bits per heavy atom. The molecule has 4 heterocycles. The molecule has 0 bridgehead atoms. The van der Waals surface area contributed by atoms with Crippen LogP contribution in [0.15, 0.2) is 60.7 Å². The molecule has 0 aromatic heterocycles. The van der Waals surface area contributed by atoms with E-state index in [4.69, 9.17) is 0 Å². The number of hydrogen-bond donors (Lipinski definition) is 4. The minimum atomic E-state index is -1.32. The fourth-order valence-electron chi connectivity index (χ4n) is 6.27. The standard InChI is InChI=1S/2C15H19N3O3S.C3H7O.BrH/c2*1-16-9-17(2)14-18(10-16)15(21,11-6-4-3-5-7-11)12(22-14)8-13(19)20;1-3(2)4;/h2*3-7,12,21H,8-10H2,1-2H3;3H,1-2H3;1H/q;;-1;/p+1. The number of amidine groups is 2. The number of benzene rings is 2. The fraction of sp³-hybridized carbons (Fsp3) is 0.515. The van der Waals surface area contributed by atoms with E-state index in [2.05, 4.69) is 9.80 Å². The third kappa shape index (κ3) is 8.97. The second kappa shape index (κ2) is 17.0. The van der Waals surface area contributed by atoms with Gasteiger partial charge in [-0.15, -0.1) is 6.10 Å². The van der Waals surface area contributed by atoms with Crippen LogP contribution in [0.4, 0.5) is 0 Å². The Balaban J connectivity index is 0.000000235. The van der Waals surface area contributed by atoms with E-state index in [0.717, 1.165) is 34.8 Å². The number of carbonyl (C=O) groups is 2. The molecule has 0 aliphatic carbocycles. The fourth-order valence-corrected chi connectivity index (χ4v) is 9.21. The van der Waals surface area contributed by atoms with E-state index in [1.54, 1.807) is 13.8 Å². The number of carboxylic acid groups (broad SMARTS) is 2. The molecule has 4 N–H and O–H groups in total. The Bertz CT molecular complexity index is 1410. The van der Waals surface area contributed by atoms with Crippen molar-refractivity contribution in [2.24, 2.45) is 0 Å². The number of thioether (sulfide) groups is 2. The zero-order valence-corrected chi connectivity index (χ0v) is 31.9. The van der Waals surface area contributed by atoms with E-state index >= 15 is 0 Å². The Hall–Kier alpha value is -2.70. The van der Waals surface area contributed by atoms with Gasteiger partial charge in [0.25, 0.3) is 0 Å². The van der Waals surface area contributed by atoms with Gasteiger partial charge in [-0.3, -0.25) is 9.59 Å². The molecule has 13 nitrogen and oxygen atoms in total. The highest BCUT2D eigenvalue weighted by atomic mass is 79.9. The number of carboxylic acids is 2. The molecule has 4 aliphatic rings. The van der Waals surface area contributed by atoms with Crippen LogP contribution >= 0.6 is 23.5 Å². The molecule has 2 saturated heterocycles. The molecule has 4 unspecified atom stereocenters. The summed E-state index contributed by atoms with van der Waals surface area (Å²) in [5.74, 6) is -1.80. The maximum Gasteiger partial charge on any atom is 0.313 e. The normalized spacial score (nSPS) is 26.7. The third-order valence-corrected chi connectivity index (χ3v) is 11.2. The first-order valence-corrected chi connectivity index (χ1v) is 17.4. The Kier molecular flexibility index (Phi) is 14.1. The largest absolute Gasteiger partial charge is 1.00 e. The van der Waals surface area contributed by atoms with Crippen molar-refractivity contribution in [2.75, 3.05) is 54.9 Å². The summed E-state index contributed by atoms with van der Waals surface area (Å²) in [6.45, 7) is 5.86. The van der Waals surface area contributed by atoms with Crippen LogP contribution < -0.4 is 22.1 Å². The number of halogens is 1. The van der Waals surface area contributed by atoms with E-state index in [0.29, 0.717) is 13.3 Å². The molecule has 16 heteroatoms. The predicted octanol–water partition coefficient (Wildman–Crippen LogP) is -2.08. The van der Waals surface area contributed by atoms with E-state index in [-0.39, 0.29) is 29.8 Å². The van der Waals surface area contributed by atoms with Gasteiger partial charge in [-0.1, -0.05) is 74.5 Å². The number of aliphatic carboxylic acids is 2. The minimum Gasteiger partial charge on any atom is -1.00 e. The molecule has 2 fully saturated rings. The number of hydrogen-bond acceptors (Lipinski definition) is 11. The predicted molar refractivity (Wildman–Crippen MR) is 184 cm³/mol. The van der Waals surface area contributed by atoms with Crippen molar-refractivity contribution < 1.29 is 61.3 Å². The van der Waals surface area contributed by atoms with E-state index in [1.165, 1.54) is 23.5 Å². The number of fused-ring (bicyclic) bond motifs is 2. The van der Waals surface area contributed by atoms with Gasteiger partial charge in [0.15, 0.2) is 0 Å².